The van der Waals surface area contributed by atoms with E-state index < -0.39 is 0 Å². The molecule has 1 unspecified atom stereocenters. The fraction of sp³-hybridized carbons (Fsp3) is 0.333. The van der Waals surface area contributed by atoms with Crippen molar-refractivity contribution in [3.05, 3.63) is 40.6 Å². The summed E-state index contributed by atoms with van der Waals surface area (Å²) in [5.74, 6) is 0.694. The molecule has 1 aromatic carbocycles. The predicted molar refractivity (Wildman–Crippen MR) is 86.8 cm³/mol. The number of aryl methyl sites for hydroxylation is 1. The van der Waals surface area contributed by atoms with Crippen LogP contribution in [0.15, 0.2) is 35.1 Å². The zero-order chi connectivity index (χ0) is 14.7. The van der Waals surface area contributed by atoms with Gasteiger partial charge in [0.25, 0.3) is 0 Å². The van der Waals surface area contributed by atoms with E-state index in [1.54, 1.807) is 0 Å². The third-order valence-electron chi connectivity index (χ3n) is 3.47. The van der Waals surface area contributed by atoms with E-state index in [4.69, 9.17) is 5.73 Å². The lowest BCUT2D eigenvalue weighted by Crippen LogP contribution is -2.36. The SMILES string of the molecule is Cc1ccc(Br)cc1-c1cnc(N(C)C(C)CN)nc1. The summed E-state index contributed by atoms with van der Waals surface area (Å²) in [5.41, 5.74) is 9.02. The molecular weight excluding hydrogens is 316 g/mol. The second-order valence-corrected chi connectivity index (χ2v) is 5.84. The molecule has 0 radical (unpaired) electrons. The van der Waals surface area contributed by atoms with Crippen molar-refractivity contribution in [2.45, 2.75) is 19.9 Å². The monoisotopic (exact) mass is 334 g/mol. The van der Waals surface area contributed by atoms with Gasteiger partial charge in [-0.3, -0.25) is 0 Å². The van der Waals surface area contributed by atoms with Gasteiger partial charge >= 0.3 is 0 Å². The van der Waals surface area contributed by atoms with Crippen LogP contribution in [0.4, 0.5) is 5.95 Å². The largest absolute Gasteiger partial charge is 0.340 e. The summed E-state index contributed by atoms with van der Waals surface area (Å²) in [5, 5.41) is 0. The van der Waals surface area contributed by atoms with Crippen LogP contribution in [-0.2, 0) is 0 Å². The Balaban J connectivity index is 2.30. The highest BCUT2D eigenvalue weighted by Gasteiger charge is 2.11. The van der Waals surface area contributed by atoms with Gasteiger partial charge in [-0.05, 0) is 37.1 Å². The van der Waals surface area contributed by atoms with Crippen molar-refractivity contribution in [2.75, 3.05) is 18.5 Å². The molecule has 0 saturated carbocycles. The number of nitrogens with zero attached hydrogens (tertiary/aromatic N) is 3. The molecule has 0 bridgehead atoms. The molecule has 0 aliphatic rings. The van der Waals surface area contributed by atoms with Gasteiger partial charge in [0.15, 0.2) is 0 Å². The Labute approximate surface area is 128 Å². The number of likely N-dealkylation sites (N-methyl/N-ethyl adjacent to an activating group) is 1. The minimum Gasteiger partial charge on any atom is -0.340 e. The van der Waals surface area contributed by atoms with E-state index >= 15 is 0 Å². The van der Waals surface area contributed by atoms with E-state index in [9.17, 15) is 0 Å². The standard InChI is InChI=1S/C15H19BrN4/c1-10-4-5-13(16)6-14(10)12-8-18-15(19-9-12)20(3)11(2)7-17/h4-6,8-9,11H,7,17H2,1-3H3. The van der Waals surface area contributed by atoms with Crippen LogP contribution in [0, 0.1) is 6.92 Å². The number of aromatic nitrogens is 2. The molecule has 20 heavy (non-hydrogen) atoms. The van der Waals surface area contributed by atoms with Gasteiger partial charge in [0.2, 0.25) is 5.95 Å². The first-order valence-corrected chi connectivity index (χ1v) is 7.33. The van der Waals surface area contributed by atoms with Crippen molar-refractivity contribution in [1.29, 1.82) is 0 Å². The molecule has 5 heteroatoms. The van der Waals surface area contributed by atoms with Gasteiger partial charge < -0.3 is 10.6 Å². The Kier molecular flexibility index (Phi) is 4.73. The van der Waals surface area contributed by atoms with Gasteiger partial charge in [-0.15, -0.1) is 0 Å². The highest BCUT2D eigenvalue weighted by molar-refractivity contribution is 9.10. The maximum atomic E-state index is 5.67. The van der Waals surface area contributed by atoms with Crippen LogP contribution in [0.2, 0.25) is 0 Å². The van der Waals surface area contributed by atoms with Gasteiger partial charge in [-0.25, -0.2) is 9.97 Å². The average molecular weight is 335 g/mol. The van der Waals surface area contributed by atoms with Gasteiger partial charge in [0, 0.05) is 42.1 Å². The molecule has 2 aromatic rings. The van der Waals surface area contributed by atoms with Crippen molar-refractivity contribution < 1.29 is 0 Å². The smallest absolute Gasteiger partial charge is 0.225 e. The van der Waals surface area contributed by atoms with Crippen LogP contribution in [0.5, 0.6) is 0 Å². The molecule has 4 nitrogen and oxygen atoms in total. The summed E-state index contributed by atoms with van der Waals surface area (Å²) in [6.45, 7) is 4.71. The molecule has 2 rings (SSSR count). The summed E-state index contributed by atoms with van der Waals surface area (Å²) in [6.07, 6.45) is 3.72. The van der Waals surface area contributed by atoms with Gasteiger partial charge in [0.1, 0.15) is 0 Å². The second kappa shape index (κ2) is 6.33. The molecule has 1 aromatic heterocycles. The van der Waals surface area contributed by atoms with E-state index in [0.717, 1.165) is 15.6 Å². The Morgan fingerprint density at radius 1 is 1.30 bits per heavy atom. The van der Waals surface area contributed by atoms with E-state index in [0.29, 0.717) is 12.5 Å². The van der Waals surface area contributed by atoms with Crippen molar-refractivity contribution in [3.63, 3.8) is 0 Å². The first kappa shape index (κ1) is 14.9. The third kappa shape index (κ3) is 3.16. The second-order valence-electron chi connectivity index (χ2n) is 4.93. The van der Waals surface area contributed by atoms with Crippen LogP contribution >= 0.6 is 15.9 Å². The lowest BCUT2D eigenvalue weighted by atomic mass is 10.0. The molecule has 0 aliphatic heterocycles. The summed E-state index contributed by atoms with van der Waals surface area (Å²) in [7, 11) is 1.96. The molecule has 0 fully saturated rings. The minimum atomic E-state index is 0.216. The number of anilines is 1. The fourth-order valence-corrected chi connectivity index (χ4v) is 2.26. The normalized spacial score (nSPS) is 12.2. The molecule has 0 aliphatic carbocycles. The van der Waals surface area contributed by atoms with E-state index in [1.165, 1.54) is 5.56 Å². The number of halogens is 1. The van der Waals surface area contributed by atoms with E-state index in [2.05, 4.69) is 51.9 Å². The molecule has 106 valence electrons. The van der Waals surface area contributed by atoms with Crippen molar-refractivity contribution in [3.8, 4) is 11.1 Å². The van der Waals surface area contributed by atoms with Crippen molar-refractivity contribution in [1.82, 2.24) is 9.97 Å². The lowest BCUT2D eigenvalue weighted by molar-refractivity contribution is 0.678. The minimum absolute atomic E-state index is 0.216. The number of hydrogen-bond donors (Lipinski definition) is 1. The van der Waals surface area contributed by atoms with Crippen LogP contribution in [0.1, 0.15) is 12.5 Å². The summed E-state index contributed by atoms with van der Waals surface area (Å²) in [4.78, 5) is 10.9. The molecule has 2 N–H and O–H groups in total. The Bertz CT molecular complexity index is 583. The Morgan fingerprint density at radius 2 is 1.95 bits per heavy atom. The first-order valence-electron chi connectivity index (χ1n) is 6.54. The molecule has 1 heterocycles. The highest BCUT2D eigenvalue weighted by Crippen LogP contribution is 2.26. The van der Waals surface area contributed by atoms with Gasteiger partial charge in [-0.2, -0.15) is 0 Å². The van der Waals surface area contributed by atoms with Crippen LogP contribution in [0.25, 0.3) is 11.1 Å². The van der Waals surface area contributed by atoms with Gasteiger partial charge in [0.05, 0.1) is 0 Å². The third-order valence-corrected chi connectivity index (χ3v) is 3.96. The van der Waals surface area contributed by atoms with E-state index in [1.807, 2.05) is 30.4 Å². The maximum absolute atomic E-state index is 5.67. The zero-order valence-corrected chi connectivity index (χ0v) is 13.6. The Hall–Kier alpha value is -1.46. The van der Waals surface area contributed by atoms with Crippen molar-refractivity contribution >= 4 is 21.9 Å². The molecular formula is C15H19BrN4. The fourth-order valence-electron chi connectivity index (χ4n) is 1.90. The summed E-state index contributed by atoms with van der Waals surface area (Å²) < 4.78 is 1.05. The topological polar surface area (TPSA) is 55.0 Å². The highest BCUT2D eigenvalue weighted by atomic mass is 79.9. The van der Waals surface area contributed by atoms with E-state index in [-0.39, 0.29) is 6.04 Å². The quantitative estimate of drug-likeness (QED) is 0.933. The number of nitrogens with two attached hydrogens (primary N) is 1. The van der Waals surface area contributed by atoms with Crippen LogP contribution in [0.3, 0.4) is 0 Å². The molecule has 0 amide bonds. The lowest BCUT2D eigenvalue weighted by Gasteiger charge is -2.23. The Morgan fingerprint density at radius 3 is 2.55 bits per heavy atom. The van der Waals surface area contributed by atoms with Crippen molar-refractivity contribution in [2.24, 2.45) is 5.73 Å². The summed E-state index contributed by atoms with van der Waals surface area (Å²) >= 11 is 3.50. The molecule has 0 saturated heterocycles. The number of benzene rings is 1. The molecule has 0 spiro atoms. The maximum Gasteiger partial charge on any atom is 0.225 e. The van der Waals surface area contributed by atoms with Gasteiger partial charge in [-0.1, -0.05) is 22.0 Å². The zero-order valence-electron chi connectivity index (χ0n) is 12.0. The number of hydrogen-bond acceptors (Lipinski definition) is 4. The molecule has 1 atom stereocenters. The predicted octanol–water partition coefficient (Wildman–Crippen LogP) is 3.00. The average Bonchev–Trinajstić information content (AvgIpc) is 2.48. The number of rotatable bonds is 4. The first-order chi connectivity index (χ1) is 9.52. The summed E-state index contributed by atoms with van der Waals surface area (Å²) in [6, 6.07) is 6.41. The van der Waals surface area contributed by atoms with Crippen LogP contribution < -0.4 is 10.6 Å². The van der Waals surface area contributed by atoms with Crippen LogP contribution in [-0.4, -0.2) is 29.6 Å².